The van der Waals surface area contributed by atoms with E-state index in [-0.39, 0.29) is 11.9 Å². The number of imidazole rings is 1. The van der Waals surface area contributed by atoms with E-state index in [1.165, 1.54) is 0 Å². The topological polar surface area (TPSA) is 77.2 Å². The van der Waals surface area contributed by atoms with Crippen molar-refractivity contribution < 1.29 is 9.53 Å². The predicted molar refractivity (Wildman–Crippen MR) is 128 cm³/mol. The smallest absolute Gasteiger partial charge is 0.271 e. The number of ether oxygens (including phenoxy) is 1. The molecule has 0 spiro atoms. The van der Waals surface area contributed by atoms with Crippen LogP contribution in [0.2, 0.25) is 0 Å². The molecule has 1 aliphatic heterocycles. The maximum absolute atomic E-state index is 12.8. The number of rotatable bonds is 8. The highest BCUT2D eigenvalue weighted by atomic mass is 16.5. The van der Waals surface area contributed by atoms with E-state index in [2.05, 4.69) is 32.0 Å². The highest BCUT2D eigenvalue weighted by Gasteiger charge is 2.32. The standard InChI is InChI=1S/C26H28N6O2/c1-30-18-20(17-28-30)16-27-26(33)23-19-32-13-12-31(14-15-34-22-10-6-3-7-11-22)24(25(32)29-23)21-8-4-2-5-9-21/h2-11,17-19,24H,12-16H2,1H3,(H,27,33). The van der Waals surface area contributed by atoms with E-state index in [0.29, 0.717) is 18.8 Å². The van der Waals surface area contributed by atoms with Gasteiger partial charge in [0, 0.05) is 51.2 Å². The van der Waals surface area contributed by atoms with Crippen molar-refractivity contribution in [1.82, 2.24) is 29.5 Å². The van der Waals surface area contributed by atoms with Crippen LogP contribution in [0.25, 0.3) is 0 Å². The molecule has 174 valence electrons. The van der Waals surface area contributed by atoms with Crippen LogP contribution in [0.4, 0.5) is 0 Å². The van der Waals surface area contributed by atoms with Gasteiger partial charge in [-0.1, -0.05) is 48.5 Å². The molecule has 0 aliphatic carbocycles. The van der Waals surface area contributed by atoms with Crippen LogP contribution >= 0.6 is 0 Å². The number of para-hydroxylation sites is 1. The van der Waals surface area contributed by atoms with Gasteiger partial charge in [0.1, 0.15) is 23.9 Å². The Bertz CT molecular complexity index is 1230. The number of nitrogens with one attached hydrogen (secondary N) is 1. The molecule has 0 bridgehead atoms. The first-order valence-electron chi connectivity index (χ1n) is 11.5. The van der Waals surface area contributed by atoms with Crippen LogP contribution in [-0.2, 0) is 20.1 Å². The molecule has 0 fully saturated rings. The highest BCUT2D eigenvalue weighted by molar-refractivity contribution is 5.92. The summed E-state index contributed by atoms with van der Waals surface area (Å²) in [5.41, 5.74) is 2.53. The minimum absolute atomic E-state index is 0.0470. The van der Waals surface area contributed by atoms with Gasteiger partial charge >= 0.3 is 0 Å². The van der Waals surface area contributed by atoms with Gasteiger partial charge in [-0.2, -0.15) is 5.10 Å². The third-order valence-corrected chi connectivity index (χ3v) is 6.00. The Labute approximate surface area is 198 Å². The van der Waals surface area contributed by atoms with Crippen LogP contribution in [0.3, 0.4) is 0 Å². The molecule has 0 radical (unpaired) electrons. The first kappa shape index (κ1) is 21.9. The number of fused-ring (bicyclic) bond motifs is 1. The van der Waals surface area contributed by atoms with Crippen molar-refractivity contribution in [3.8, 4) is 5.75 Å². The molecule has 2 aromatic carbocycles. The molecule has 5 rings (SSSR count). The average Bonchev–Trinajstić information content (AvgIpc) is 3.49. The third kappa shape index (κ3) is 4.87. The van der Waals surface area contributed by atoms with Crippen molar-refractivity contribution in [3.05, 3.63) is 102 Å². The molecule has 1 aliphatic rings. The number of hydrogen-bond acceptors (Lipinski definition) is 5. The van der Waals surface area contributed by atoms with Crippen LogP contribution in [0, 0.1) is 0 Å². The van der Waals surface area contributed by atoms with Gasteiger partial charge < -0.3 is 14.6 Å². The zero-order chi connectivity index (χ0) is 23.3. The van der Waals surface area contributed by atoms with E-state index in [1.54, 1.807) is 10.9 Å². The summed E-state index contributed by atoms with van der Waals surface area (Å²) in [5, 5.41) is 7.10. The summed E-state index contributed by atoms with van der Waals surface area (Å²) in [7, 11) is 1.86. The minimum Gasteiger partial charge on any atom is -0.492 e. The molecule has 1 atom stereocenters. The Balaban J connectivity index is 1.33. The summed E-state index contributed by atoms with van der Waals surface area (Å²) in [6.07, 6.45) is 5.50. The maximum atomic E-state index is 12.8. The number of hydrogen-bond donors (Lipinski definition) is 1. The second kappa shape index (κ2) is 9.93. The number of carbonyl (C=O) groups excluding carboxylic acids is 1. The van der Waals surface area contributed by atoms with Gasteiger partial charge in [0.15, 0.2) is 0 Å². The van der Waals surface area contributed by atoms with Crippen LogP contribution in [0.1, 0.15) is 33.5 Å². The second-order valence-electron chi connectivity index (χ2n) is 8.39. The molecule has 1 amide bonds. The first-order chi connectivity index (χ1) is 16.7. The van der Waals surface area contributed by atoms with Gasteiger partial charge in [0.05, 0.1) is 12.2 Å². The van der Waals surface area contributed by atoms with E-state index in [1.807, 2.05) is 68.0 Å². The van der Waals surface area contributed by atoms with Gasteiger partial charge in [-0.15, -0.1) is 0 Å². The molecule has 2 aromatic heterocycles. The first-order valence-corrected chi connectivity index (χ1v) is 11.5. The van der Waals surface area contributed by atoms with Crippen molar-refractivity contribution >= 4 is 5.91 Å². The highest BCUT2D eigenvalue weighted by Crippen LogP contribution is 2.31. The second-order valence-corrected chi connectivity index (χ2v) is 8.39. The van der Waals surface area contributed by atoms with Crippen molar-refractivity contribution in [2.75, 3.05) is 19.7 Å². The van der Waals surface area contributed by atoms with E-state index in [9.17, 15) is 4.79 Å². The monoisotopic (exact) mass is 456 g/mol. The number of aromatic nitrogens is 4. The van der Waals surface area contributed by atoms with Crippen LogP contribution in [-0.4, -0.2) is 49.8 Å². The summed E-state index contributed by atoms with van der Waals surface area (Å²) in [4.78, 5) is 20.0. The SMILES string of the molecule is Cn1cc(CNC(=O)c2cn3c(n2)C(c2ccccc2)N(CCOc2ccccc2)CC3)cn1. The van der Waals surface area contributed by atoms with Gasteiger partial charge in [0.25, 0.3) is 5.91 Å². The van der Waals surface area contributed by atoms with Gasteiger partial charge in [-0.05, 0) is 17.7 Å². The Morgan fingerprint density at radius 1 is 1.06 bits per heavy atom. The van der Waals surface area contributed by atoms with Crippen LogP contribution < -0.4 is 10.1 Å². The van der Waals surface area contributed by atoms with E-state index >= 15 is 0 Å². The van der Waals surface area contributed by atoms with Crippen molar-refractivity contribution in [2.45, 2.75) is 19.1 Å². The molecule has 0 saturated carbocycles. The molecule has 8 heteroatoms. The maximum Gasteiger partial charge on any atom is 0.271 e. The number of carbonyl (C=O) groups is 1. The number of aryl methyl sites for hydroxylation is 1. The zero-order valence-corrected chi connectivity index (χ0v) is 19.2. The van der Waals surface area contributed by atoms with Gasteiger partial charge in [-0.3, -0.25) is 14.4 Å². The summed E-state index contributed by atoms with van der Waals surface area (Å²) in [5.74, 6) is 1.56. The average molecular weight is 457 g/mol. The summed E-state index contributed by atoms with van der Waals surface area (Å²) in [6, 6.07) is 20.1. The Kier molecular flexibility index (Phi) is 6.40. The predicted octanol–water partition coefficient (Wildman–Crippen LogP) is 3.03. The van der Waals surface area contributed by atoms with E-state index < -0.39 is 0 Å². The number of amides is 1. The lowest BCUT2D eigenvalue weighted by molar-refractivity contribution is 0.0946. The summed E-state index contributed by atoms with van der Waals surface area (Å²) in [6.45, 7) is 3.36. The fraction of sp³-hybridized carbons (Fsp3) is 0.269. The largest absolute Gasteiger partial charge is 0.492 e. The zero-order valence-electron chi connectivity index (χ0n) is 19.2. The lowest BCUT2D eigenvalue weighted by Crippen LogP contribution is -2.41. The van der Waals surface area contributed by atoms with Crippen molar-refractivity contribution in [3.63, 3.8) is 0 Å². The molecule has 34 heavy (non-hydrogen) atoms. The fourth-order valence-electron chi connectivity index (χ4n) is 4.34. The molecule has 0 saturated heterocycles. The molecule has 1 unspecified atom stereocenters. The molecular weight excluding hydrogens is 428 g/mol. The van der Waals surface area contributed by atoms with Crippen LogP contribution in [0.5, 0.6) is 5.75 Å². The quantitative estimate of drug-likeness (QED) is 0.441. The normalized spacial score (nSPS) is 15.6. The minimum atomic E-state index is -0.184. The van der Waals surface area contributed by atoms with Crippen molar-refractivity contribution in [1.29, 1.82) is 0 Å². The lowest BCUT2D eigenvalue weighted by atomic mass is 10.0. The Hall–Kier alpha value is -3.91. The summed E-state index contributed by atoms with van der Waals surface area (Å²) >= 11 is 0. The summed E-state index contributed by atoms with van der Waals surface area (Å²) < 4.78 is 9.78. The van der Waals surface area contributed by atoms with Crippen molar-refractivity contribution in [2.24, 2.45) is 7.05 Å². The fourth-order valence-corrected chi connectivity index (χ4v) is 4.34. The molecule has 8 nitrogen and oxygen atoms in total. The van der Waals surface area contributed by atoms with Gasteiger partial charge in [-0.25, -0.2) is 4.98 Å². The number of benzene rings is 2. The molecule has 1 N–H and O–H groups in total. The third-order valence-electron chi connectivity index (χ3n) is 6.00. The number of nitrogens with zero attached hydrogens (tertiary/aromatic N) is 5. The van der Waals surface area contributed by atoms with E-state index in [4.69, 9.17) is 9.72 Å². The Morgan fingerprint density at radius 2 is 1.82 bits per heavy atom. The van der Waals surface area contributed by atoms with E-state index in [0.717, 1.165) is 42.3 Å². The lowest BCUT2D eigenvalue weighted by Gasteiger charge is -2.36. The molecular formula is C26H28N6O2. The van der Waals surface area contributed by atoms with Crippen LogP contribution in [0.15, 0.2) is 79.3 Å². The Morgan fingerprint density at radius 3 is 2.56 bits per heavy atom. The van der Waals surface area contributed by atoms with Gasteiger partial charge in [0.2, 0.25) is 0 Å². The molecule has 3 heterocycles. The molecule has 4 aromatic rings.